The first-order chi connectivity index (χ1) is 39.3. The molecule has 0 aliphatic carbocycles. The topological polar surface area (TPSA) is 0 Å². The maximum absolute atomic E-state index is 11.9. The van der Waals surface area contributed by atoms with Crippen molar-refractivity contribution in [2.75, 3.05) is 0 Å². The number of rotatable bonds is 0. The summed E-state index contributed by atoms with van der Waals surface area (Å²) < 4.78 is 107. The van der Waals surface area contributed by atoms with Crippen molar-refractivity contribution in [3.05, 3.63) is 391 Å². The van der Waals surface area contributed by atoms with Gasteiger partial charge in [-0.15, -0.1) is 155 Å². The number of benzene rings is 11. The van der Waals surface area contributed by atoms with Crippen molar-refractivity contribution in [3.63, 3.8) is 0 Å². The Labute approximate surface area is 886 Å². The van der Waals surface area contributed by atoms with E-state index in [1.165, 1.54) is 54.6 Å². The molecular formula is C66H39Cl18F9Mg11. The summed E-state index contributed by atoms with van der Waals surface area (Å²) in [5, 5.41) is 4.40. The van der Waals surface area contributed by atoms with E-state index in [0.29, 0.717) is 25.1 Å². The van der Waals surface area contributed by atoms with E-state index >= 15 is 0 Å². The molecule has 38 heteroatoms. The normalized spacial score (nSPS) is 7.08. The van der Waals surface area contributed by atoms with Gasteiger partial charge in [0.2, 0.25) is 0 Å². The van der Waals surface area contributed by atoms with Crippen LogP contribution in [0.1, 0.15) is 0 Å². The van der Waals surface area contributed by atoms with Crippen molar-refractivity contribution in [3.8, 4) is 0 Å². The zero-order chi connectivity index (χ0) is 60.6. The van der Waals surface area contributed by atoms with Crippen molar-refractivity contribution in [2.45, 2.75) is 0 Å². The quantitative estimate of drug-likeness (QED) is 0.0806. The second-order valence-corrected chi connectivity index (χ2v) is 17.0. The molecule has 0 N–H and O–H groups in total. The average Bonchev–Trinajstić information content (AvgIpc) is 0.994. The van der Waals surface area contributed by atoms with Crippen LogP contribution in [0.15, 0.2) is 237 Å². The molecule has 0 aliphatic heterocycles. The Morgan fingerprint density at radius 3 is 0.837 bits per heavy atom. The summed E-state index contributed by atoms with van der Waals surface area (Å²) in [4.78, 5) is 0. The molecule has 0 amide bonds. The SMILES string of the molecule is Clc1[c-]c(Cl)ccc1.Clc1[c-]cccc1.Clc1c[c-]ccc1.Clc1c[c-]ccc1Cl.Clc1cc[c-]cc1.Fc1[c-]cc(F)cc1.Fc1[c-]cccc1.Fc1c[c-]cc(F)c1.Fc1c[c-]ccc1.Fc1c[c-]ccc1F.Fc1cc[c-]cc1.[Cl-].[Cl-].[Cl-].[Cl-].[Cl-].[Cl-].[Cl-].[Cl-].[Cl-].[Cl-].[Cl-].[Mg+2].[Mg+2].[Mg+2].[Mg+2].[Mg+2].[Mg+2].[Mg+2].[Mg+2].[Mg+2].[Mg+2].[Mg+2]. The maximum atomic E-state index is 11.9. The molecule has 0 atom stereocenters. The van der Waals surface area contributed by atoms with Crippen LogP contribution in [-0.4, -0.2) is 254 Å². The number of halogens is 27. The first kappa shape index (κ1) is 168. The van der Waals surface area contributed by atoms with E-state index in [-0.39, 0.29) is 408 Å². The molecule has 11 rings (SSSR count). The third-order valence-electron chi connectivity index (χ3n) is 7.74. The fraction of sp³-hybridized carbons (Fsp3) is 0. The minimum atomic E-state index is -0.854. The molecule has 0 bridgehead atoms. The van der Waals surface area contributed by atoms with Crippen LogP contribution in [-0.2, 0) is 0 Å². The van der Waals surface area contributed by atoms with Crippen molar-refractivity contribution in [1.29, 1.82) is 0 Å². The summed E-state index contributed by atoms with van der Waals surface area (Å²) in [5.41, 5.74) is 0. The summed E-state index contributed by atoms with van der Waals surface area (Å²) in [6.07, 6.45) is 0. The van der Waals surface area contributed by atoms with Crippen LogP contribution in [0.5, 0.6) is 0 Å². The Hall–Kier alpha value is 4.44. The van der Waals surface area contributed by atoms with E-state index in [9.17, 15) is 39.5 Å². The Kier molecular flexibility index (Phi) is 187. The van der Waals surface area contributed by atoms with Gasteiger partial charge in [-0.05, 0) is 0 Å². The van der Waals surface area contributed by atoms with Crippen LogP contribution in [0.3, 0.4) is 0 Å². The molecule has 11 aromatic carbocycles. The molecule has 0 saturated carbocycles. The fourth-order valence-corrected chi connectivity index (χ4v) is 5.26. The van der Waals surface area contributed by atoms with Crippen LogP contribution in [0.4, 0.5) is 39.5 Å². The monoisotopic (exact) mass is 1900 g/mol. The van der Waals surface area contributed by atoms with Gasteiger partial charge in [-0.3, -0.25) is 22.0 Å². The molecule has 104 heavy (non-hydrogen) atoms. The maximum Gasteiger partial charge on any atom is 2.00 e. The van der Waals surface area contributed by atoms with E-state index in [1.807, 2.05) is 30.3 Å². The van der Waals surface area contributed by atoms with Crippen LogP contribution in [0.25, 0.3) is 0 Å². The van der Waals surface area contributed by atoms with Gasteiger partial charge in [-0.25, -0.2) is 17.6 Å². The molecule has 11 aromatic rings. The molecule has 0 heterocycles. The van der Waals surface area contributed by atoms with Gasteiger partial charge in [0.1, 0.15) is 0 Å². The fourth-order valence-electron chi connectivity index (χ4n) is 4.22. The zero-order valence-electron chi connectivity index (χ0n) is 54.0. The molecule has 514 valence electrons. The molecule has 0 aliphatic rings. The van der Waals surface area contributed by atoms with E-state index in [4.69, 9.17) is 81.2 Å². The molecule has 0 nitrogen and oxygen atoms in total. The smallest absolute Gasteiger partial charge is 1.00 e. The van der Waals surface area contributed by atoms with E-state index in [0.717, 1.165) is 58.6 Å². The zero-order valence-corrected chi connectivity index (χ0v) is 83.2. The van der Waals surface area contributed by atoms with Gasteiger partial charge in [0.25, 0.3) is 0 Å². The largest absolute Gasteiger partial charge is 2.00 e. The summed E-state index contributed by atoms with van der Waals surface area (Å²) in [5.74, 6) is -4.62. The predicted molar refractivity (Wildman–Crippen MR) is 376 cm³/mol. The number of hydrogen-bond acceptors (Lipinski definition) is 0. The minimum Gasteiger partial charge on any atom is -1.00 e. The standard InChI is InChI=1S/2C6H3Cl2.3C6H4Cl.3C6H3F2.3C6H4F.11ClH.11Mg/c7-5-2-1-3-6(8)4-5;7-5-3-1-2-4-6(5)8;3*7-6-4-2-1-3-5-6;7-5-1-2-6(8)4-3-5;7-5-2-1-3-6(8)4-5;7-5-3-1-2-4-6(5)8;3*7-6-4-2-1-3-5-6;;;;;;;;;;;;;;;;;;;;;;/h1-3H;1,3-4H;2-5H;1-2,4-5H;1-4H;1-3H;2-4H;1,3-4H;2-5H;1-2,4-5H;1-4H;11*1H;;;;;;;;;;;/q11*-1;;;;;;;;;;;;11*+2/p-11. The van der Waals surface area contributed by atoms with Crippen molar-refractivity contribution >= 4 is 335 Å². The van der Waals surface area contributed by atoms with Gasteiger partial charge in [0, 0.05) is 52.4 Å². The minimum absolute atomic E-state index is 0. The van der Waals surface area contributed by atoms with Crippen LogP contribution < -0.4 is 136 Å². The Bertz CT molecular complexity index is 2860. The summed E-state index contributed by atoms with van der Waals surface area (Å²) in [6, 6.07) is 87.5. The van der Waals surface area contributed by atoms with E-state index in [2.05, 4.69) is 66.7 Å². The summed E-state index contributed by atoms with van der Waals surface area (Å²) in [7, 11) is 0. The van der Waals surface area contributed by atoms with Gasteiger partial charge < -0.3 is 136 Å². The third kappa shape index (κ3) is 108. The van der Waals surface area contributed by atoms with Crippen LogP contribution in [0.2, 0.25) is 35.2 Å². The van der Waals surface area contributed by atoms with Crippen LogP contribution in [0, 0.1) is 119 Å². The molecule has 0 fully saturated rings. The summed E-state index contributed by atoms with van der Waals surface area (Å²) >= 11 is 38.6. The van der Waals surface area contributed by atoms with Crippen LogP contribution >= 0.6 is 81.2 Å². The summed E-state index contributed by atoms with van der Waals surface area (Å²) in [6.45, 7) is 0. The first-order valence-corrected chi connectivity index (χ1v) is 25.3. The van der Waals surface area contributed by atoms with E-state index in [1.54, 1.807) is 103 Å². The van der Waals surface area contributed by atoms with Crippen molar-refractivity contribution in [1.82, 2.24) is 0 Å². The second-order valence-electron chi connectivity index (χ2n) is 14.1. The average molecular weight is 1910 g/mol. The van der Waals surface area contributed by atoms with Gasteiger partial charge >= 0.3 is 254 Å². The Morgan fingerprint density at radius 2 is 0.625 bits per heavy atom. The Balaban J connectivity index is -0.0000000348. The van der Waals surface area contributed by atoms with Gasteiger partial charge in [-0.2, -0.15) is 229 Å². The molecule has 0 radical (unpaired) electrons. The third-order valence-corrected chi connectivity index (χ3v) is 9.64. The van der Waals surface area contributed by atoms with Crippen molar-refractivity contribution in [2.24, 2.45) is 0 Å². The van der Waals surface area contributed by atoms with Gasteiger partial charge in [-0.1, -0.05) is 35.2 Å². The molecule has 0 aromatic heterocycles. The first-order valence-electron chi connectivity index (χ1n) is 22.7. The van der Waals surface area contributed by atoms with Gasteiger partial charge in [0.05, 0.1) is 0 Å². The molecule has 0 unspecified atom stereocenters. The molecule has 0 spiro atoms. The number of hydrogen-bond donors (Lipinski definition) is 0. The molecular weight excluding hydrogens is 1870 g/mol. The van der Waals surface area contributed by atoms with E-state index < -0.39 is 34.9 Å². The second kappa shape index (κ2) is 116. The molecule has 0 saturated heterocycles. The van der Waals surface area contributed by atoms with Gasteiger partial charge in [0.15, 0.2) is 0 Å². The van der Waals surface area contributed by atoms with Crippen molar-refractivity contribution < 1.29 is 176 Å². The predicted octanol–water partition coefficient (Wildman–Crippen LogP) is -15.0. The Morgan fingerprint density at radius 1 is 0.221 bits per heavy atom.